The molecule has 1 heterocycles. The molecule has 0 bridgehead atoms. The topological polar surface area (TPSA) is 117 Å². The van der Waals surface area contributed by atoms with Crippen LogP contribution < -0.4 is 16.5 Å². The van der Waals surface area contributed by atoms with Crippen LogP contribution >= 0.6 is 0 Å². The van der Waals surface area contributed by atoms with Crippen molar-refractivity contribution in [1.29, 1.82) is 0 Å². The van der Waals surface area contributed by atoms with E-state index in [-0.39, 0.29) is 6.54 Å². The Balaban J connectivity index is 1.57. The lowest BCUT2D eigenvalue weighted by Gasteiger charge is -2.26. The minimum Gasteiger partial charge on any atom is -0.379 e. The number of hydroxylamine groups is 1. The second-order valence-corrected chi connectivity index (χ2v) is 7.15. The van der Waals surface area contributed by atoms with Crippen molar-refractivity contribution in [2.75, 3.05) is 32.8 Å². The summed E-state index contributed by atoms with van der Waals surface area (Å²) in [6, 6.07) is 13.9. The Morgan fingerprint density at radius 3 is 2.16 bits per heavy atom. The predicted molar refractivity (Wildman–Crippen MR) is 115 cm³/mol. The van der Waals surface area contributed by atoms with E-state index in [9.17, 15) is 9.59 Å². The Morgan fingerprint density at radius 2 is 1.61 bits per heavy atom. The van der Waals surface area contributed by atoms with Gasteiger partial charge in [-0.25, -0.2) is 5.48 Å². The van der Waals surface area contributed by atoms with E-state index in [0.717, 1.165) is 44.0 Å². The number of hydrogen-bond donors (Lipinski definition) is 4. The Labute approximate surface area is 181 Å². The lowest BCUT2D eigenvalue weighted by molar-refractivity contribution is -0.130. The number of morpholine rings is 1. The molecule has 3 rings (SSSR count). The van der Waals surface area contributed by atoms with Gasteiger partial charge in [0.15, 0.2) is 0 Å². The second-order valence-electron chi connectivity index (χ2n) is 7.15. The summed E-state index contributed by atoms with van der Waals surface area (Å²) in [5.41, 5.74) is 10.2. The average molecular weight is 422 g/mol. The van der Waals surface area contributed by atoms with Crippen LogP contribution in [0.5, 0.6) is 0 Å². The van der Waals surface area contributed by atoms with E-state index < -0.39 is 17.9 Å². The molecule has 0 aromatic heterocycles. The lowest BCUT2D eigenvalue weighted by Crippen LogP contribution is -2.50. The number of ether oxygens (including phenoxy) is 1. The van der Waals surface area contributed by atoms with Crippen molar-refractivity contribution in [3.63, 3.8) is 0 Å². The van der Waals surface area contributed by atoms with E-state index in [0.29, 0.717) is 5.56 Å². The van der Waals surface area contributed by atoms with Crippen LogP contribution in [0.4, 0.5) is 0 Å². The van der Waals surface area contributed by atoms with Gasteiger partial charge >= 0.3 is 0 Å². The van der Waals surface area contributed by atoms with Gasteiger partial charge in [0.1, 0.15) is 6.04 Å². The van der Waals surface area contributed by atoms with Crippen LogP contribution in [0.15, 0.2) is 48.5 Å². The molecule has 0 unspecified atom stereocenters. The van der Waals surface area contributed by atoms with Crippen LogP contribution in [0.25, 0.3) is 0 Å². The van der Waals surface area contributed by atoms with E-state index in [4.69, 9.17) is 15.7 Å². The molecule has 2 aromatic rings. The summed E-state index contributed by atoms with van der Waals surface area (Å²) in [6.07, 6.45) is 0. The first kappa shape index (κ1) is 22.5. The highest BCUT2D eigenvalue weighted by Crippen LogP contribution is 2.09. The maximum absolute atomic E-state index is 12.2. The van der Waals surface area contributed by atoms with E-state index in [1.807, 2.05) is 12.1 Å². The molecule has 2 amide bonds. The molecule has 5 N–H and O–H groups in total. The van der Waals surface area contributed by atoms with Crippen molar-refractivity contribution in [3.05, 3.63) is 70.8 Å². The Morgan fingerprint density at radius 1 is 1.03 bits per heavy atom. The van der Waals surface area contributed by atoms with Crippen LogP contribution in [0.1, 0.15) is 27.0 Å². The molecule has 2 aromatic carbocycles. The summed E-state index contributed by atoms with van der Waals surface area (Å²) in [5, 5.41) is 11.1. The van der Waals surface area contributed by atoms with Crippen LogP contribution in [0, 0.1) is 11.8 Å². The number of hydrogen-bond acceptors (Lipinski definition) is 6. The van der Waals surface area contributed by atoms with E-state index in [2.05, 4.69) is 34.2 Å². The van der Waals surface area contributed by atoms with Gasteiger partial charge in [-0.1, -0.05) is 24.0 Å². The summed E-state index contributed by atoms with van der Waals surface area (Å²) < 4.78 is 5.37. The second kappa shape index (κ2) is 11.2. The number of nitrogens with zero attached hydrogens (tertiary/aromatic N) is 1. The summed E-state index contributed by atoms with van der Waals surface area (Å²) in [6.45, 7) is 4.26. The Bertz CT molecular complexity index is 942. The summed E-state index contributed by atoms with van der Waals surface area (Å²) in [5.74, 6) is 4.97. The van der Waals surface area contributed by atoms with Crippen molar-refractivity contribution in [2.45, 2.75) is 12.6 Å². The van der Waals surface area contributed by atoms with Crippen LogP contribution in [-0.4, -0.2) is 60.8 Å². The van der Waals surface area contributed by atoms with E-state index in [1.54, 1.807) is 24.3 Å². The van der Waals surface area contributed by atoms with Crippen molar-refractivity contribution in [3.8, 4) is 11.8 Å². The van der Waals surface area contributed by atoms with E-state index >= 15 is 0 Å². The maximum atomic E-state index is 12.2. The number of amides is 2. The fourth-order valence-corrected chi connectivity index (χ4v) is 3.11. The van der Waals surface area contributed by atoms with Crippen LogP contribution in [0.2, 0.25) is 0 Å². The molecular weight excluding hydrogens is 396 g/mol. The SMILES string of the molecule is NC[C@H](NC(=O)c1ccc(C#Cc2ccc(CN3CCOCC3)cc2)cc1)C(=O)NO. The van der Waals surface area contributed by atoms with Crippen molar-refractivity contribution in [1.82, 2.24) is 15.7 Å². The van der Waals surface area contributed by atoms with Gasteiger partial charge < -0.3 is 15.8 Å². The molecule has 162 valence electrons. The van der Waals surface area contributed by atoms with Gasteiger partial charge in [0.25, 0.3) is 11.8 Å². The van der Waals surface area contributed by atoms with Crippen LogP contribution in [0.3, 0.4) is 0 Å². The highest BCUT2D eigenvalue weighted by Gasteiger charge is 2.19. The summed E-state index contributed by atoms with van der Waals surface area (Å²) in [4.78, 5) is 26.0. The van der Waals surface area contributed by atoms with Gasteiger partial charge in [-0.3, -0.25) is 19.7 Å². The van der Waals surface area contributed by atoms with Gasteiger partial charge in [-0.15, -0.1) is 0 Å². The van der Waals surface area contributed by atoms with Gasteiger partial charge in [-0.05, 0) is 42.0 Å². The fraction of sp³-hybridized carbons (Fsp3) is 0.304. The minimum absolute atomic E-state index is 0.132. The highest BCUT2D eigenvalue weighted by molar-refractivity contribution is 5.97. The number of rotatable bonds is 6. The molecule has 31 heavy (non-hydrogen) atoms. The number of carbonyl (C=O) groups excluding carboxylic acids is 2. The van der Waals surface area contributed by atoms with Crippen molar-refractivity contribution >= 4 is 11.8 Å². The molecule has 0 saturated carbocycles. The molecule has 1 aliphatic heterocycles. The third kappa shape index (κ3) is 6.64. The van der Waals surface area contributed by atoms with Gasteiger partial charge in [0.2, 0.25) is 0 Å². The molecule has 8 nitrogen and oxygen atoms in total. The zero-order valence-electron chi connectivity index (χ0n) is 17.1. The molecule has 1 fully saturated rings. The van der Waals surface area contributed by atoms with Gasteiger partial charge in [0, 0.05) is 42.9 Å². The molecule has 8 heteroatoms. The number of nitrogens with two attached hydrogens (primary N) is 1. The Hall–Kier alpha value is -3.22. The van der Waals surface area contributed by atoms with Gasteiger partial charge in [-0.2, -0.15) is 0 Å². The molecule has 1 saturated heterocycles. The molecule has 0 aliphatic carbocycles. The zero-order valence-corrected chi connectivity index (χ0v) is 17.1. The van der Waals surface area contributed by atoms with Crippen LogP contribution in [-0.2, 0) is 16.1 Å². The number of carbonyl (C=O) groups is 2. The van der Waals surface area contributed by atoms with Crippen molar-refractivity contribution in [2.24, 2.45) is 5.73 Å². The van der Waals surface area contributed by atoms with Gasteiger partial charge in [0.05, 0.1) is 13.2 Å². The smallest absolute Gasteiger partial charge is 0.267 e. The van der Waals surface area contributed by atoms with E-state index in [1.165, 1.54) is 11.0 Å². The fourth-order valence-electron chi connectivity index (χ4n) is 3.11. The molecule has 0 spiro atoms. The first-order chi connectivity index (χ1) is 15.1. The number of nitrogens with one attached hydrogen (secondary N) is 2. The monoisotopic (exact) mass is 422 g/mol. The zero-order chi connectivity index (χ0) is 22.1. The third-order valence-corrected chi connectivity index (χ3v) is 4.93. The standard InChI is InChI=1S/C23H26N4O4/c24-15-21(23(29)26-30)25-22(28)20-9-7-18(8-10-20)2-1-17-3-5-19(6-4-17)16-27-11-13-31-14-12-27/h3-10,21,30H,11-16,24H2,(H,25,28)(H,26,29)/t21-/m0/s1. The van der Waals surface area contributed by atoms with Crippen molar-refractivity contribution < 1.29 is 19.5 Å². The summed E-state index contributed by atoms with van der Waals surface area (Å²) >= 11 is 0. The third-order valence-electron chi connectivity index (χ3n) is 4.93. The minimum atomic E-state index is -1.01. The molecular formula is C23H26N4O4. The summed E-state index contributed by atoms with van der Waals surface area (Å²) in [7, 11) is 0. The average Bonchev–Trinajstić information content (AvgIpc) is 2.82. The largest absolute Gasteiger partial charge is 0.379 e. The first-order valence-corrected chi connectivity index (χ1v) is 10.0. The quantitative estimate of drug-likeness (QED) is 0.306. The predicted octanol–water partition coefficient (Wildman–Crippen LogP) is 0.481. The first-order valence-electron chi connectivity index (χ1n) is 10.0. The maximum Gasteiger partial charge on any atom is 0.267 e. The molecule has 1 aliphatic rings. The number of benzene rings is 2. The lowest BCUT2D eigenvalue weighted by atomic mass is 10.1. The normalized spacial score (nSPS) is 14.8. The highest BCUT2D eigenvalue weighted by atomic mass is 16.5. The Kier molecular flexibility index (Phi) is 8.15. The molecule has 0 radical (unpaired) electrons. The molecule has 1 atom stereocenters.